The molecule has 28 heavy (non-hydrogen) atoms. The lowest BCUT2D eigenvalue weighted by molar-refractivity contribution is 0.0729. The second-order valence-corrected chi connectivity index (χ2v) is 6.71. The lowest BCUT2D eigenvalue weighted by Crippen LogP contribution is -2.32. The molecule has 0 saturated carbocycles. The summed E-state index contributed by atoms with van der Waals surface area (Å²) in [4.78, 5) is 27.2. The Hall–Kier alpha value is -3.35. The van der Waals surface area contributed by atoms with Gasteiger partial charge in [0.15, 0.2) is 5.69 Å². The number of benzene rings is 2. The number of likely N-dealkylation sites (tertiary alicyclic amines) is 1. The second kappa shape index (κ2) is 7.34. The first-order valence-electron chi connectivity index (χ1n) is 9.14. The predicted molar refractivity (Wildman–Crippen MR) is 105 cm³/mol. The Balaban J connectivity index is 1.77. The molecule has 0 radical (unpaired) electrons. The van der Waals surface area contributed by atoms with E-state index in [0.717, 1.165) is 18.4 Å². The molecule has 1 aliphatic rings. The maximum Gasteiger partial charge on any atom is 0.275 e. The molecule has 7 nitrogen and oxygen atoms in total. The van der Waals surface area contributed by atoms with E-state index in [1.54, 1.807) is 43.4 Å². The molecule has 4 rings (SSSR count). The third kappa shape index (κ3) is 2.98. The van der Waals surface area contributed by atoms with Crippen molar-refractivity contribution in [2.24, 2.45) is 0 Å². The quantitative estimate of drug-likeness (QED) is 0.753. The zero-order valence-electron chi connectivity index (χ0n) is 15.8. The average Bonchev–Trinajstić information content (AvgIpc) is 3.23. The van der Waals surface area contributed by atoms with Gasteiger partial charge in [0.2, 0.25) is 0 Å². The van der Waals surface area contributed by atoms with Crippen LogP contribution in [0, 0.1) is 0 Å². The predicted octanol–water partition coefficient (Wildman–Crippen LogP) is 2.92. The van der Waals surface area contributed by atoms with E-state index in [1.165, 1.54) is 0 Å². The van der Waals surface area contributed by atoms with Crippen molar-refractivity contribution in [3.8, 4) is 11.5 Å². The fourth-order valence-electron chi connectivity index (χ4n) is 3.85. The van der Waals surface area contributed by atoms with E-state index in [9.17, 15) is 9.59 Å². The molecule has 0 bridgehead atoms. The first-order valence-corrected chi connectivity index (χ1v) is 9.14. The lowest BCUT2D eigenvalue weighted by atomic mass is 10.0. The highest BCUT2D eigenvalue weighted by molar-refractivity contribution is 6.05. The van der Waals surface area contributed by atoms with Crippen LogP contribution in [0.2, 0.25) is 0 Å². The number of nitrogens with one attached hydrogen (secondary N) is 1. The number of amides is 1. The number of nitrogens with zero attached hydrogens (tertiary/aromatic N) is 2. The van der Waals surface area contributed by atoms with Crippen LogP contribution in [0.1, 0.15) is 34.9 Å². The van der Waals surface area contributed by atoms with Crippen molar-refractivity contribution >= 4 is 16.7 Å². The Morgan fingerprint density at radius 2 is 1.93 bits per heavy atom. The molecule has 1 aliphatic heterocycles. The summed E-state index contributed by atoms with van der Waals surface area (Å²) in [5, 5.41) is 7.52. The molecule has 1 atom stereocenters. The largest absolute Gasteiger partial charge is 0.497 e. The standard InChI is InChI=1S/C21H21N3O4/c1-27-13-9-10-18(28-2)16(12-13)17-8-5-11-24(17)21(26)19-14-6-3-4-7-15(14)20(25)23-22-19/h3-4,6-7,9-10,12,17H,5,8,11H2,1-2H3,(H,23,25). The number of H-pyrrole nitrogens is 1. The van der Waals surface area contributed by atoms with Gasteiger partial charge in [-0.3, -0.25) is 9.59 Å². The molecule has 1 fully saturated rings. The van der Waals surface area contributed by atoms with Crippen LogP contribution in [0.25, 0.3) is 10.8 Å². The number of hydrogen-bond acceptors (Lipinski definition) is 5. The number of aromatic amines is 1. The van der Waals surface area contributed by atoms with Crippen molar-refractivity contribution in [2.45, 2.75) is 18.9 Å². The summed E-state index contributed by atoms with van der Waals surface area (Å²) >= 11 is 0. The minimum Gasteiger partial charge on any atom is -0.497 e. The number of ether oxygens (including phenoxy) is 2. The number of rotatable bonds is 4. The molecular weight excluding hydrogens is 358 g/mol. The molecule has 0 aliphatic carbocycles. The van der Waals surface area contributed by atoms with Crippen molar-refractivity contribution in [2.75, 3.05) is 20.8 Å². The summed E-state index contributed by atoms with van der Waals surface area (Å²) in [6, 6.07) is 12.5. The van der Waals surface area contributed by atoms with E-state index in [1.807, 2.05) is 18.2 Å². The van der Waals surface area contributed by atoms with E-state index >= 15 is 0 Å². The Bertz CT molecular complexity index is 1090. The number of fused-ring (bicyclic) bond motifs is 1. The summed E-state index contributed by atoms with van der Waals surface area (Å²) in [5.41, 5.74) is 0.852. The van der Waals surface area contributed by atoms with E-state index in [4.69, 9.17) is 9.47 Å². The van der Waals surface area contributed by atoms with Gasteiger partial charge in [-0.2, -0.15) is 5.10 Å². The highest BCUT2D eigenvalue weighted by atomic mass is 16.5. The Morgan fingerprint density at radius 1 is 1.14 bits per heavy atom. The topological polar surface area (TPSA) is 84.5 Å². The Kier molecular flexibility index (Phi) is 4.73. The van der Waals surface area contributed by atoms with Gasteiger partial charge in [0, 0.05) is 17.5 Å². The van der Waals surface area contributed by atoms with E-state index in [-0.39, 0.29) is 23.2 Å². The van der Waals surface area contributed by atoms with E-state index < -0.39 is 0 Å². The number of aromatic nitrogens is 2. The molecule has 1 unspecified atom stereocenters. The van der Waals surface area contributed by atoms with Gasteiger partial charge in [0.1, 0.15) is 11.5 Å². The average molecular weight is 379 g/mol. The number of carbonyl (C=O) groups excluding carboxylic acids is 1. The smallest absolute Gasteiger partial charge is 0.275 e. The van der Waals surface area contributed by atoms with Crippen LogP contribution in [-0.4, -0.2) is 41.8 Å². The van der Waals surface area contributed by atoms with Crippen LogP contribution in [0.4, 0.5) is 0 Å². The molecule has 1 amide bonds. The summed E-state index contributed by atoms with van der Waals surface area (Å²) in [7, 11) is 3.23. The maximum absolute atomic E-state index is 13.4. The third-order valence-corrected chi connectivity index (χ3v) is 5.21. The molecular formula is C21H21N3O4. The van der Waals surface area contributed by atoms with Crippen LogP contribution < -0.4 is 15.0 Å². The first kappa shape index (κ1) is 18.0. The van der Waals surface area contributed by atoms with Gasteiger partial charge in [-0.1, -0.05) is 18.2 Å². The molecule has 1 aromatic heterocycles. The fourth-order valence-corrected chi connectivity index (χ4v) is 3.85. The summed E-state index contributed by atoms with van der Waals surface area (Å²) in [6.07, 6.45) is 1.69. The minimum atomic E-state index is -0.306. The van der Waals surface area contributed by atoms with Crippen molar-refractivity contribution in [1.29, 1.82) is 0 Å². The molecule has 1 saturated heterocycles. The first-order chi connectivity index (χ1) is 13.6. The Labute approximate surface area is 161 Å². The number of hydrogen-bond donors (Lipinski definition) is 1. The van der Waals surface area contributed by atoms with Crippen LogP contribution >= 0.6 is 0 Å². The van der Waals surface area contributed by atoms with Crippen LogP contribution in [0.15, 0.2) is 47.3 Å². The summed E-state index contributed by atoms with van der Waals surface area (Å²) < 4.78 is 10.9. The Morgan fingerprint density at radius 3 is 2.68 bits per heavy atom. The lowest BCUT2D eigenvalue weighted by Gasteiger charge is -2.26. The molecule has 2 heterocycles. The monoisotopic (exact) mass is 379 g/mol. The summed E-state index contributed by atoms with van der Waals surface area (Å²) in [5.74, 6) is 1.22. The number of carbonyl (C=O) groups is 1. The molecule has 3 aromatic rings. The van der Waals surface area contributed by atoms with Gasteiger partial charge in [0.25, 0.3) is 11.5 Å². The van der Waals surface area contributed by atoms with E-state index in [2.05, 4.69) is 10.2 Å². The molecule has 7 heteroatoms. The van der Waals surface area contributed by atoms with Gasteiger partial charge >= 0.3 is 0 Å². The van der Waals surface area contributed by atoms with Crippen molar-refractivity contribution < 1.29 is 14.3 Å². The molecule has 144 valence electrons. The van der Waals surface area contributed by atoms with Crippen molar-refractivity contribution in [3.05, 3.63) is 64.1 Å². The highest BCUT2D eigenvalue weighted by Gasteiger charge is 2.34. The zero-order chi connectivity index (χ0) is 19.7. The van der Waals surface area contributed by atoms with Gasteiger partial charge in [0.05, 0.1) is 25.6 Å². The molecule has 2 aromatic carbocycles. The van der Waals surface area contributed by atoms with Gasteiger partial charge in [-0.15, -0.1) is 0 Å². The fraction of sp³-hybridized carbons (Fsp3) is 0.286. The molecule has 0 spiro atoms. The van der Waals surface area contributed by atoms with E-state index in [0.29, 0.717) is 28.8 Å². The number of methoxy groups -OCH3 is 2. The second-order valence-electron chi connectivity index (χ2n) is 6.71. The van der Waals surface area contributed by atoms with Gasteiger partial charge < -0.3 is 14.4 Å². The summed E-state index contributed by atoms with van der Waals surface area (Å²) in [6.45, 7) is 0.610. The van der Waals surface area contributed by atoms with Crippen molar-refractivity contribution in [1.82, 2.24) is 15.1 Å². The van der Waals surface area contributed by atoms with Gasteiger partial charge in [-0.25, -0.2) is 5.10 Å². The third-order valence-electron chi connectivity index (χ3n) is 5.21. The van der Waals surface area contributed by atoms with Gasteiger partial charge in [-0.05, 0) is 37.1 Å². The highest BCUT2D eigenvalue weighted by Crippen LogP contribution is 2.39. The van der Waals surface area contributed by atoms with Crippen LogP contribution in [0.5, 0.6) is 11.5 Å². The maximum atomic E-state index is 13.4. The van der Waals surface area contributed by atoms with Crippen molar-refractivity contribution in [3.63, 3.8) is 0 Å². The molecule has 1 N–H and O–H groups in total. The SMILES string of the molecule is COc1ccc(OC)c(C2CCCN2C(=O)c2n[nH]c(=O)c3ccccc23)c1. The van der Waals surface area contributed by atoms with Crippen LogP contribution in [-0.2, 0) is 0 Å². The minimum absolute atomic E-state index is 0.148. The van der Waals surface area contributed by atoms with Crippen LogP contribution in [0.3, 0.4) is 0 Å². The normalized spacial score (nSPS) is 16.4. The zero-order valence-corrected chi connectivity index (χ0v) is 15.8.